The number of hydrogen-bond donors (Lipinski definition) is 3. The maximum Gasteiger partial charge on any atom is 0.417 e. The van der Waals surface area contributed by atoms with Gasteiger partial charge in [-0.3, -0.25) is 14.0 Å². The Labute approximate surface area is 174 Å². The van der Waals surface area contributed by atoms with Crippen LogP contribution in [0, 0.1) is 9.39 Å². The average molecular weight is 524 g/mol. The van der Waals surface area contributed by atoms with E-state index in [1.54, 1.807) is 6.07 Å². The van der Waals surface area contributed by atoms with E-state index in [0.717, 1.165) is 6.07 Å². The average Bonchev–Trinajstić information content (AvgIpc) is 3.11. The van der Waals surface area contributed by atoms with Crippen LogP contribution in [0.5, 0.6) is 0 Å². The fourth-order valence-corrected chi connectivity index (χ4v) is 3.03. The number of nitrogens with zero attached hydrogens (tertiary/aromatic N) is 2. The lowest BCUT2D eigenvalue weighted by Crippen LogP contribution is -2.29. The Morgan fingerprint density at radius 3 is 2.72 bits per heavy atom. The number of nitrogens with one attached hydrogen (secondary N) is 2. The first-order valence-corrected chi connectivity index (χ1v) is 9.11. The molecule has 0 aliphatic rings. The summed E-state index contributed by atoms with van der Waals surface area (Å²) in [7, 11) is 0. The van der Waals surface area contributed by atoms with Gasteiger partial charge in [0, 0.05) is 3.57 Å². The second kappa shape index (κ2) is 8.51. The highest BCUT2D eigenvalue weighted by Gasteiger charge is 2.38. The number of imidazole rings is 1. The van der Waals surface area contributed by atoms with Gasteiger partial charge in [0.2, 0.25) is 0 Å². The third-order valence-electron chi connectivity index (χ3n) is 3.78. The van der Waals surface area contributed by atoms with Gasteiger partial charge in [0.05, 0.1) is 41.7 Å². The van der Waals surface area contributed by atoms with Crippen molar-refractivity contribution in [2.75, 3.05) is 18.5 Å². The summed E-state index contributed by atoms with van der Waals surface area (Å²) in [5, 5.41) is 11.3. The molecular formula is C17H13F4IN4O3. The summed E-state index contributed by atoms with van der Waals surface area (Å²) in [6.45, 7) is -0.777. The highest BCUT2D eigenvalue weighted by molar-refractivity contribution is 14.1. The fraction of sp³-hybridized carbons (Fsp3) is 0.176. The standard InChI is InChI=1S/C17H13F4IN4O3/c18-12-5-9(22)1-2-13(12)24-15-14(16(28)25-29-4-3-27)11(17(19,20)21)6-10-7-23-8-26(10)15/h1-2,5-8,24,27H,3-4H2,(H,25,28). The number of benzene rings is 1. The molecule has 0 fully saturated rings. The Bertz CT molecular complexity index is 1060. The number of aromatic nitrogens is 2. The van der Waals surface area contributed by atoms with Crippen molar-refractivity contribution in [3.05, 3.63) is 57.3 Å². The molecule has 2 heterocycles. The fourth-order valence-electron chi connectivity index (χ4n) is 2.57. The van der Waals surface area contributed by atoms with Crippen molar-refractivity contribution in [1.82, 2.24) is 14.9 Å². The van der Waals surface area contributed by atoms with E-state index in [9.17, 15) is 22.4 Å². The number of halogens is 5. The van der Waals surface area contributed by atoms with Crippen LogP contribution >= 0.6 is 22.6 Å². The van der Waals surface area contributed by atoms with Crippen molar-refractivity contribution in [2.45, 2.75) is 6.18 Å². The number of aliphatic hydroxyl groups is 1. The summed E-state index contributed by atoms with van der Waals surface area (Å²) in [6.07, 6.45) is -2.53. The predicted octanol–water partition coefficient (Wildman–Crippen LogP) is 3.49. The second-order valence-corrected chi connectivity index (χ2v) is 6.97. The van der Waals surface area contributed by atoms with Gasteiger partial charge < -0.3 is 10.4 Å². The van der Waals surface area contributed by atoms with E-state index in [2.05, 4.69) is 15.1 Å². The molecule has 0 unspecified atom stereocenters. The zero-order chi connectivity index (χ0) is 21.2. The maximum absolute atomic E-state index is 14.3. The van der Waals surface area contributed by atoms with Crippen molar-refractivity contribution < 1.29 is 32.3 Å². The molecule has 2 aromatic heterocycles. The van der Waals surface area contributed by atoms with Crippen LogP contribution in [0.1, 0.15) is 15.9 Å². The van der Waals surface area contributed by atoms with Gasteiger partial charge in [0.25, 0.3) is 5.91 Å². The SMILES string of the molecule is O=C(NOCCO)c1c(C(F)(F)F)cc2cncn2c1Nc1ccc(I)cc1F. The van der Waals surface area contributed by atoms with Crippen molar-refractivity contribution >= 4 is 45.5 Å². The molecular weight excluding hydrogens is 511 g/mol. The highest BCUT2D eigenvalue weighted by atomic mass is 127. The lowest BCUT2D eigenvalue weighted by atomic mass is 10.1. The first-order valence-electron chi connectivity index (χ1n) is 8.03. The number of aliphatic hydroxyl groups excluding tert-OH is 1. The maximum atomic E-state index is 14.3. The van der Waals surface area contributed by atoms with E-state index < -0.39 is 35.6 Å². The summed E-state index contributed by atoms with van der Waals surface area (Å²) >= 11 is 1.89. The number of anilines is 2. The third kappa shape index (κ3) is 4.59. The number of carbonyl (C=O) groups is 1. The number of hydrogen-bond acceptors (Lipinski definition) is 5. The van der Waals surface area contributed by atoms with Crippen LogP contribution in [0.3, 0.4) is 0 Å². The minimum Gasteiger partial charge on any atom is -0.394 e. The zero-order valence-electron chi connectivity index (χ0n) is 14.4. The van der Waals surface area contributed by atoms with Crippen LogP contribution < -0.4 is 10.8 Å². The van der Waals surface area contributed by atoms with Gasteiger partial charge in [0.15, 0.2) is 0 Å². The van der Waals surface area contributed by atoms with E-state index in [1.165, 1.54) is 29.1 Å². The molecule has 0 saturated carbocycles. The van der Waals surface area contributed by atoms with Gasteiger partial charge in [0.1, 0.15) is 18.0 Å². The minimum atomic E-state index is -4.89. The van der Waals surface area contributed by atoms with Gasteiger partial charge >= 0.3 is 6.18 Å². The number of carbonyl (C=O) groups excluding carboxylic acids is 1. The Balaban J connectivity index is 2.20. The van der Waals surface area contributed by atoms with E-state index in [1.807, 2.05) is 28.1 Å². The molecule has 1 amide bonds. The molecule has 0 spiro atoms. The molecule has 0 aliphatic carbocycles. The van der Waals surface area contributed by atoms with E-state index in [0.29, 0.717) is 3.57 Å². The first-order chi connectivity index (χ1) is 13.7. The Morgan fingerprint density at radius 1 is 1.31 bits per heavy atom. The molecule has 0 saturated heterocycles. The lowest BCUT2D eigenvalue weighted by molar-refractivity contribution is -0.138. The summed E-state index contributed by atoms with van der Waals surface area (Å²) in [5.74, 6) is -2.29. The highest BCUT2D eigenvalue weighted by Crippen LogP contribution is 2.37. The molecule has 154 valence electrons. The number of amides is 1. The summed E-state index contributed by atoms with van der Waals surface area (Å²) in [4.78, 5) is 21.0. The molecule has 0 radical (unpaired) electrons. The first kappa shape index (κ1) is 21.3. The van der Waals surface area contributed by atoms with Crippen LogP contribution in [0.25, 0.3) is 5.52 Å². The largest absolute Gasteiger partial charge is 0.417 e. The van der Waals surface area contributed by atoms with Crippen LogP contribution in [0.4, 0.5) is 29.1 Å². The number of fused-ring (bicyclic) bond motifs is 1. The quantitative estimate of drug-likeness (QED) is 0.199. The van der Waals surface area contributed by atoms with Crippen molar-refractivity contribution in [1.29, 1.82) is 0 Å². The van der Waals surface area contributed by atoms with Crippen LogP contribution in [-0.2, 0) is 11.0 Å². The number of alkyl halides is 3. The molecule has 0 aliphatic heterocycles. The molecule has 0 atom stereocenters. The van der Waals surface area contributed by atoms with E-state index in [4.69, 9.17) is 5.11 Å². The molecule has 29 heavy (non-hydrogen) atoms. The molecule has 1 aromatic carbocycles. The molecule has 3 rings (SSSR count). The summed E-state index contributed by atoms with van der Waals surface area (Å²) in [5.41, 5.74) is -0.323. The topological polar surface area (TPSA) is 87.9 Å². The number of pyridine rings is 1. The second-order valence-electron chi connectivity index (χ2n) is 5.72. The molecule has 3 N–H and O–H groups in total. The van der Waals surface area contributed by atoms with Crippen molar-refractivity contribution in [2.24, 2.45) is 0 Å². The molecule has 12 heteroatoms. The summed E-state index contributed by atoms with van der Waals surface area (Å²) < 4.78 is 57.1. The Kier molecular flexibility index (Phi) is 6.24. The lowest BCUT2D eigenvalue weighted by Gasteiger charge is -2.19. The van der Waals surface area contributed by atoms with Gasteiger partial charge in [-0.1, -0.05) is 0 Å². The Morgan fingerprint density at radius 2 is 2.07 bits per heavy atom. The zero-order valence-corrected chi connectivity index (χ0v) is 16.6. The normalized spacial score (nSPS) is 11.7. The van der Waals surface area contributed by atoms with Gasteiger partial charge in [-0.05, 0) is 46.9 Å². The minimum absolute atomic E-state index is 0.0403. The van der Waals surface area contributed by atoms with Crippen LogP contribution in [0.2, 0.25) is 0 Å². The molecule has 0 bridgehead atoms. The van der Waals surface area contributed by atoms with Gasteiger partial charge in [-0.2, -0.15) is 13.2 Å². The number of hydroxylamine groups is 1. The van der Waals surface area contributed by atoms with Crippen molar-refractivity contribution in [3.8, 4) is 0 Å². The van der Waals surface area contributed by atoms with Crippen LogP contribution in [0.15, 0.2) is 36.8 Å². The van der Waals surface area contributed by atoms with Crippen LogP contribution in [-0.4, -0.2) is 33.6 Å². The smallest absolute Gasteiger partial charge is 0.394 e. The third-order valence-corrected chi connectivity index (χ3v) is 4.45. The molecule has 7 nitrogen and oxygen atoms in total. The number of rotatable bonds is 6. The van der Waals surface area contributed by atoms with E-state index >= 15 is 0 Å². The Hall–Kier alpha value is -2.45. The monoisotopic (exact) mass is 524 g/mol. The van der Waals surface area contributed by atoms with Gasteiger partial charge in [-0.25, -0.2) is 14.9 Å². The van der Waals surface area contributed by atoms with Gasteiger partial charge in [-0.15, -0.1) is 0 Å². The predicted molar refractivity (Wildman–Crippen MR) is 103 cm³/mol. The summed E-state index contributed by atoms with van der Waals surface area (Å²) in [6, 6.07) is 4.83. The van der Waals surface area contributed by atoms with E-state index in [-0.39, 0.29) is 23.6 Å². The molecule has 3 aromatic rings. The van der Waals surface area contributed by atoms with Crippen molar-refractivity contribution in [3.63, 3.8) is 0 Å².